The highest BCUT2D eigenvalue weighted by atomic mass is 16.6. The van der Waals surface area contributed by atoms with Crippen molar-refractivity contribution in [2.24, 2.45) is 17.3 Å². The molecule has 6 rings (SSSR count). The number of hydrogen-bond donors (Lipinski definition) is 3. The van der Waals surface area contributed by atoms with Gasteiger partial charge in [-0.05, 0) is 68.7 Å². The number of nitrogens with one attached hydrogen (secondary N) is 2. The molecule has 1 unspecified atom stereocenters. The normalized spacial score (nSPS) is 29.8. The molecule has 1 aliphatic carbocycles. The van der Waals surface area contributed by atoms with Gasteiger partial charge in [0.05, 0.1) is 17.6 Å². The molecule has 250 valence electrons. The van der Waals surface area contributed by atoms with Gasteiger partial charge in [0.15, 0.2) is 0 Å². The van der Waals surface area contributed by atoms with Gasteiger partial charge in [-0.1, -0.05) is 52.7 Å². The first kappa shape index (κ1) is 32.3. The molecule has 2 amide bonds. The topological polar surface area (TPSA) is 139 Å². The summed E-state index contributed by atoms with van der Waals surface area (Å²) in [7, 11) is 0. The SMILES string of the molecule is CC1[C@H]2CCCCCc3c(nc4ccccc4c3OC3CCNCC3)O[C@@H]3C[C@@H](C(=O)O)N(C3)C(=O)[C@H](C(C)(C)C)NC(=O)O[C@H]12. The predicted octanol–water partition coefficient (Wildman–Crippen LogP) is 4.69. The van der Waals surface area contributed by atoms with Crippen molar-refractivity contribution in [1.82, 2.24) is 20.5 Å². The average molecular weight is 637 g/mol. The molecule has 6 atom stereocenters. The van der Waals surface area contributed by atoms with E-state index in [0.29, 0.717) is 12.3 Å². The summed E-state index contributed by atoms with van der Waals surface area (Å²) in [6.07, 6.45) is 5.07. The Morgan fingerprint density at radius 1 is 1.07 bits per heavy atom. The number of benzene rings is 1. The Morgan fingerprint density at radius 2 is 1.83 bits per heavy atom. The summed E-state index contributed by atoms with van der Waals surface area (Å²) >= 11 is 0. The lowest BCUT2D eigenvalue weighted by molar-refractivity contribution is -0.150. The van der Waals surface area contributed by atoms with Gasteiger partial charge in [-0.25, -0.2) is 14.6 Å². The Kier molecular flexibility index (Phi) is 9.32. The van der Waals surface area contributed by atoms with Crippen molar-refractivity contribution in [2.45, 2.75) is 109 Å². The zero-order valence-electron chi connectivity index (χ0n) is 27.4. The van der Waals surface area contributed by atoms with Crippen LogP contribution in [0, 0.1) is 17.3 Å². The molecule has 2 bridgehead atoms. The van der Waals surface area contributed by atoms with Gasteiger partial charge in [-0.15, -0.1) is 0 Å². The van der Waals surface area contributed by atoms with Crippen molar-refractivity contribution >= 4 is 28.9 Å². The number of rotatable bonds is 3. The Morgan fingerprint density at radius 3 is 2.57 bits per heavy atom. The third kappa shape index (κ3) is 6.89. The maximum Gasteiger partial charge on any atom is 0.408 e. The summed E-state index contributed by atoms with van der Waals surface area (Å²) in [4.78, 5) is 45.9. The van der Waals surface area contributed by atoms with Crippen molar-refractivity contribution in [3.05, 3.63) is 29.8 Å². The summed E-state index contributed by atoms with van der Waals surface area (Å²) in [6, 6.07) is 5.82. The Hall–Kier alpha value is -3.60. The molecular formula is C35H48N4O7. The van der Waals surface area contributed by atoms with E-state index in [2.05, 4.69) is 17.6 Å². The Bertz CT molecular complexity index is 1450. The lowest BCUT2D eigenvalue weighted by atomic mass is 9.85. The van der Waals surface area contributed by atoms with Gasteiger partial charge < -0.3 is 34.9 Å². The number of aromatic nitrogens is 1. The fourth-order valence-corrected chi connectivity index (χ4v) is 7.33. The molecule has 4 aliphatic rings. The second-order valence-corrected chi connectivity index (χ2v) is 14.6. The summed E-state index contributed by atoms with van der Waals surface area (Å²) in [5.74, 6) is 0.189. The quantitative estimate of drug-likeness (QED) is 0.438. The number of ether oxygens (including phenoxy) is 3. The molecule has 3 fully saturated rings. The minimum Gasteiger partial charge on any atom is -0.489 e. The number of nitrogens with zero attached hydrogens (tertiary/aromatic N) is 2. The van der Waals surface area contributed by atoms with E-state index < -0.39 is 41.6 Å². The summed E-state index contributed by atoms with van der Waals surface area (Å²) in [5.41, 5.74) is 0.953. The van der Waals surface area contributed by atoms with E-state index in [1.165, 1.54) is 4.90 Å². The summed E-state index contributed by atoms with van der Waals surface area (Å²) in [6.45, 7) is 9.48. The number of para-hydroxylation sites is 1. The molecule has 11 nitrogen and oxygen atoms in total. The number of piperidine rings is 1. The van der Waals surface area contributed by atoms with Gasteiger partial charge in [0, 0.05) is 17.7 Å². The Balaban J connectivity index is 1.37. The van der Waals surface area contributed by atoms with Crippen LogP contribution in [0.2, 0.25) is 0 Å². The van der Waals surface area contributed by atoms with Crippen LogP contribution in [0.3, 0.4) is 0 Å². The van der Waals surface area contributed by atoms with Crippen LogP contribution in [0.4, 0.5) is 4.79 Å². The lowest BCUT2D eigenvalue weighted by Crippen LogP contribution is -2.57. The van der Waals surface area contributed by atoms with Crippen LogP contribution in [0.5, 0.6) is 11.6 Å². The van der Waals surface area contributed by atoms with Gasteiger partial charge in [0.2, 0.25) is 11.8 Å². The van der Waals surface area contributed by atoms with Crippen molar-refractivity contribution in [1.29, 1.82) is 0 Å². The van der Waals surface area contributed by atoms with E-state index in [9.17, 15) is 19.5 Å². The number of aliphatic carboxylic acids is 1. The maximum atomic E-state index is 14.1. The fraction of sp³-hybridized carbons (Fsp3) is 0.657. The van der Waals surface area contributed by atoms with E-state index in [1.54, 1.807) is 0 Å². The number of carboxylic acid groups (broad SMARTS) is 1. The van der Waals surface area contributed by atoms with E-state index in [0.717, 1.165) is 73.8 Å². The molecule has 0 spiro atoms. The average Bonchev–Trinajstić information content (AvgIpc) is 3.39. The molecule has 0 radical (unpaired) electrons. The van der Waals surface area contributed by atoms with Crippen molar-refractivity contribution in [3.8, 4) is 11.6 Å². The molecular weight excluding hydrogens is 588 g/mol. The van der Waals surface area contributed by atoms with E-state index in [-0.39, 0.29) is 37.0 Å². The van der Waals surface area contributed by atoms with Gasteiger partial charge in [-0.2, -0.15) is 0 Å². The number of fused-ring (bicyclic) bond motifs is 5. The summed E-state index contributed by atoms with van der Waals surface area (Å²) in [5, 5.41) is 17.3. The number of carbonyl (C=O) groups excluding carboxylic acids is 2. The second kappa shape index (κ2) is 13.3. The highest BCUT2D eigenvalue weighted by molar-refractivity contribution is 5.91. The third-order valence-electron chi connectivity index (χ3n) is 10.1. The van der Waals surface area contributed by atoms with E-state index >= 15 is 0 Å². The molecule has 46 heavy (non-hydrogen) atoms. The van der Waals surface area contributed by atoms with Gasteiger partial charge in [0.25, 0.3) is 0 Å². The Labute approximate surface area is 270 Å². The molecule has 1 aromatic heterocycles. The second-order valence-electron chi connectivity index (χ2n) is 14.6. The zero-order valence-corrected chi connectivity index (χ0v) is 27.4. The van der Waals surface area contributed by atoms with Crippen LogP contribution >= 0.6 is 0 Å². The largest absolute Gasteiger partial charge is 0.489 e. The molecule has 3 aliphatic heterocycles. The molecule has 4 heterocycles. The first-order valence-electron chi connectivity index (χ1n) is 17.0. The van der Waals surface area contributed by atoms with Crippen LogP contribution in [0.1, 0.15) is 78.2 Å². The number of carboxylic acids is 1. The minimum absolute atomic E-state index is 0.0548. The monoisotopic (exact) mass is 636 g/mol. The van der Waals surface area contributed by atoms with Gasteiger partial charge >= 0.3 is 12.1 Å². The fourth-order valence-electron chi connectivity index (χ4n) is 7.33. The maximum absolute atomic E-state index is 14.1. The van der Waals surface area contributed by atoms with Crippen molar-refractivity contribution in [3.63, 3.8) is 0 Å². The van der Waals surface area contributed by atoms with E-state index in [4.69, 9.17) is 19.2 Å². The van der Waals surface area contributed by atoms with Crippen LogP contribution in [0.25, 0.3) is 10.9 Å². The standard InChI is InChI=1S/C35H48N4O7/c1-20-23-10-6-5-7-12-25-29(44-21-14-16-36-17-15-21)24-11-8-9-13-26(24)37-31(25)45-22-18-27(33(41)42)39(19-22)32(40)30(35(2,3)4)38-34(43)46-28(20)23/h8-9,11,13,20-23,27-28,30,36H,5-7,10,12,14-19H2,1-4H3,(H,38,43)(H,41,42)/t20?,22-,23-,27+,28-,30-/m1/s1. The summed E-state index contributed by atoms with van der Waals surface area (Å²) < 4.78 is 19.2. The molecule has 1 aromatic carbocycles. The molecule has 2 saturated heterocycles. The van der Waals surface area contributed by atoms with Crippen LogP contribution < -0.4 is 20.1 Å². The number of alkyl carbamates (subject to hydrolysis) is 1. The van der Waals surface area contributed by atoms with E-state index in [1.807, 2.05) is 45.0 Å². The van der Waals surface area contributed by atoms with Gasteiger partial charge in [-0.3, -0.25) is 4.79 Å². The number of pyridine rings is 1. The predicted molar refractivity (Wildman–Crippen MR) is 172 cm³/mol. The van der Waals surface area contributed by atoms with Crippen molar-refractivity contribution < 1.29 is 33.7 Å². The van der Waals surface area contributed by atoms with Crippen LogP contribution in [-0.2, 0) is 20.7 Å². The van der Waals surface area contributed by atoms with Crippen LogP contribution in [0.15, 0.2) is 24.3 Å². The lowest BCUT2D eigenvalue weighted by Gasteiger charge is -2.34. The number of carbonyl (C=O) groups is 3. The third-order valence-corrected chi connectivity index (χ3v) is 10.1. The zero-order chi connectivity index (χ0) is 32.6. The highest BCUT2D eigenvalue weighted by Gasteiger charge is 2.51. The van der Waals surface area contributed by atoms with Crippen LogP contribution in [-0.4, -0.2) is 83.0 Å². The smallest absolute Gasteiger partial charge is 0.408 e. The number of amides is 2. The molecule has 3 N–H and O–H groups in total. The number of hydrogen-bond acceptors (Lipinski definition) is 8. The van der Waals surface area contributed by atoms with Crippen molar-refractivity contribution in [2.75, 3.05) is 19.6 Å². The minimum atomic E-state index is -1.11. The molecule has 2 aromatic rings. The highest BCUT2D eigenvalue weighted by Crippen LogP contribution is 2.45. The first-order valence-corrected chi connectivity index (χ1v) is 17.0. The molecule has 1 saturated carbocycles. The van der Waals surface area contributed by atoms with Gasteiger partial charge in [0.1, 0.15) is 36.1 Å². The molecule has 11 heteroatoms. The first-order chi connectivity index (χ1) is 22.0.